The van der Waals surface area contributed by atoms with Crippen LogP contribution in [-0.4, -0.2) is 15.0 Å². The van der Waals surface area contributed by atoms with Crippen molar-refractivity contribution in [3.05, 3.63) is 22.2 Å². The maximum absolute atomic E-state index is 12.2. The number of nitrogen functional groups attached to an aromatic ring is 1. The predicted octanol–water partition coefficient (Wildman–Crippen LogP) is 3.29. The summed E-state index contributed by atoms with van der Waals surface area (Å²) in [5.41, 5.74) is 5.71. The molecule has 0 aliphatic carbocycles. The van der Waals surface area contributed by atoms with Crippen LogP contribution < -0.4 is 10.5 Å². The molecule has 4 nitrogen and oxygen atoms in total. The fourth-order valence-electron chi connectivity index (χ4n) is 1.64. The number of nitrogens with two attached hydrogens (primary N) is 1. The number of sulfonamides is 1. The highest BCUT2D eigenvalue weighted by Crippen LogP contribution is 2.32. The predicted molar refractivity (Wildman–Crippen MR) is 80.1 cm³/mol. The summed E-state index contributed by atoms with van der Waals surface area (Å²) in [5.74, 6) is 0.304. The van der Waals surface area contributed by atoms with E-state index in [0.717, 1.165) is 12.8 Å². The van der Waals surface area contributed by atoms with Crippen molar-refractivity contribution in [3.63, 3.8) is 0 Å². The maximum atomic E-state index is 12.2. The molecule has 1 aromatic carbocycles. The summed E-state index contributed by atoms with van der Waals surface area (Å²) in [4.78, 5) is -0.0398. The number of benzene rings is 1. The van der Waals surface area contributed by atoms with Gasteiger partial charge in [-0.25, -0.2) is 13.1 Å². The number of hydrogen-bond acceptors (Lipinski definition) is 3. The summed E-state index contributed by atoms with van der Waals surface area (Å²) in [6.45, 7) is 4.43. The molecule has 108 valence electrons. The van der Waals surface area contributed by atoms with Crippen LogP contribution >= 0.6 is 23.2 Å². The van der Waals surface area contributed by atoms with Gasteiger partial charge in [-0.05, 0) is 18.1 Å². The fraction of sp³-hybridized carbons (Fsp3) is 0.500. The standard InChI is InChI=1S/C12H18Cl2N2O2S/c1-3-8(4-2)7-16-19(17,18)10-6-5-9(13)12(15)11(10)14/h5-6,8,16H,3-4,7,15H2,1-2H3. The van der Waals surface area contributed by atoms with E-state index in [0.29, 0.717) is 12.5 Å². The molecule has 0 atom stereocenters. The first-order chi connectivity index (χ1) is 8.83. The van der Waals surface area contributed by atoms with E-state index in [2.05, 4.69) is 4.72 Å². The average molecular weight is 325 g/mol. The highest BCUT2D eigenvalue weighted by molar-refractivity contribution is 7.89. The lowest BCUT2D eigenvalue weighted by Crippen LogP contribution is -2.29. The zero-order chi connectivity index (χ0) is 14.6. The summed E-state index contributed by atoms with van der Waals surface area (Å²) >= 11 is 11.7. The molecule has 0 unspecified atom stereocenters. The van der Waals surface area contributed by atoms with Gasteiger partial charge in [0.1, 0.15) is 4.90 Å². The molecule has 0 heterocycles. The molecule has 3 N–H and O–H groups in total. The Labute approximate surface area is 124 Å². The van der Waals surface area contributed by atoms with E-state index in [4.69, 9.17) is 28.9 Å². The monoisotopic (exact) mass is 324 g/mol. The van der Waals surface area contributed by atoms with Gasteiger partial charge in [0.15, 0.2) is 0 Å². The number of nitrogens with one attached hydrogen (secondary N) is 1. The van der Waals surface area contributed by atoms with Crippen LogP contribution in [0.4, 0.5) is 5.69 Å². The molecule has 1 aromatic rings. The molecule has 0 aliphatic heterocycles. The van der Waals surface area contributed by atoms with Crippen LogP contribution in [0.2, 0.25) is 10.0 Å². The van der Waals surface area contributed by atoms with Crippen LogP contribution in [0.3, 0.4) is 0 Å². The van der Waals surface area contributed by atoms with E-state index in [9.17, 15) is 8.42 Å². The third kappa shape index (κ3) is 3.99. The number of halogens is 2. The Bertz CT molecular complexity index is 543. The van der Waals surface area contributed by atoms with Crippen LogP contribution in [0.15, 0.2) is 17.0 Å². The first-order valence-corrected chi connectivity index (χ1v) is 8.30. The second kappa shape index (κ2) is 6.79. The topological polar surface area (TPSA) is 72.2 Å². The number of anilines is 1. The zero-order valence-electron chi connectivity index (χ0n) is 10.9. The van der Waals surface area contributed by atoms with Crippen molar-refractivity contribution in [3.8, 4) is 0 Å². The molecule has 0 radical (unpaired) electrons. The van der Waals surface area contributed by atoms with Gasteiger partial charge in [-0.3, -0.25) is 0 Å². The van der Waals surface area contributed by atoms with Crippen LogP contribution in [-0.2, 0) is 10.0 Å². The van der Waals surface area contributed by atoms with Crippen molar-refractivity contribution >= 4 is 38.9 Å². The van der Waals surface area contributed by atoms with Gasteiger partial charge in [0.2, 0.25) is 10.0 Å². The smallest absolute Gasteiger partial charge is 0.242 e. The molecule has 0 aliphatic rings. The van der Waals surface area contributed by atoms with Crippen LogP contribution in [0.1, 0.15) is 26.7 Å². The third-order valence-corrected chi connectivity index (χ3v) is 5.41. The second-order valence-electron chi connectivity index (χ2n) is 4.31. The summed E-state index contributed by atoms with van der Waals surface area (Å²) in [7, 11) is -3.67. The normalized spacial score (nSPS) is 12.1. The molecular weight excluding hydrogens is 307 g/mol. The van der Waals surface area contributed by atoms with Crippen molar-refractivity contribution in [2.75, 3.05) is 12.3 Å². The Morgan fingerprint density at radius 3 is 2.37 bits per heavy atom. The van der Waals surface area contributed by atoms with Crippen molar-refractivity contribution in [1.82, 2.24) is 4.72 Å². The third-order valence-electron chi connectivity index (χ3n) is 3.10. The van der Waals surface area contributed by atoms with Crippen molar-refractivity contribution < 1.29 is 8.42 Å². The van der Waals surface area contributed by atoms with Gasteiger partial charge in [0, 0.05) is 6.54 Å². The molecule has 0 saturated carbocycles. The zero-order valence-corrected chi connectivity index (χ0v) is 13.2. The lowest BCUT2D eigenvalue weighted by Gasteiger charge is -2.15. The maximum Gasteiger partial charge on any atom is 0.242 e. The molecular formula is C12H18Cl2N2O2S. The Morgan fingerprint density at radius 2 is 1.84 bits per heavy atom. The number of rotatable bonds is 6. The van der Waals surface area contributed by atoms with Crippen LogP contribution in [0.25, 0.3) is 0 Å². The van der Waals surface area contributed by atoms with Gasteiger partial charge in [-0.1, -0.05) is 49.9 Å². The summed E-state index contributed by atoms with van der Waals surface area (Å²) in [5, 5.41) is 0.202. The molecule has 0 saturated heterocycles. The van der Waals surface area contributed by atoms with Crippen molar-refractivity contribution in [2.24, 2.45) is 5.92 Å². The van der Waals surface area contributed by atoms with Gasteiger partial charge in [0.05, 0.1) is 15.7 Å². The van der Waals surface area contributed by atoms with E-state index in [1.807, 2.05) is 13.8 Å². The minimum Gasteiger partial charge on any atom is -0.396 e. The molecule has 7 heteroatoms. The van der Waals surface area contributed by atoms with Gasteiger partial charge < -0.3 is 5.73 Å². The Morgan fingerprint density at radius 1 is 1.26 bits per heavy atom. The number of hydrogen-bond donors (Lipinski definition) is 2. The summed E-state index contributed by atoms with van der Waals surface area (Å²) in [6.07, 6.45) is 1.82. The van der Waals surface area contributed by atoms with Crippen LogP contribution in [0, 0.1) is 5.92 Å². The summed E-state index contributed by atoms with van der Waals surface area (Å²) in [6, 6.07) is 2.78. The minimum absolute atomic E-state index is 0.0375. The lowest BCUT2D eigenvalue weighted by atomic mass is 10.0. The average Bonchev–Trinajstić information content (AvgIpc) is 2.37. The lowest BCUT2D eigenvalue weighted by molar-refractivity contribution is 0.479. The van der Waals surface area contributed by atoms with Crippen molar-refractivity contribution in [1.29, 1.82) is 0 Å². The van der Waals surface area contributed by atoms with E-state index in [-0.39, 0.29) is 20.6 Å². The first kappa shape index (κ1) is 16.6. The highest BCUT2D eigenvalue weighted by atomic mass is 35.5. The van der Waals surface area contributed by atoms with E-state index in [1.165, 1.54) is 12.1 Å². The Balaban J connectivity index is 2.98. The first-order valence-electron chi connectivity index (χ1n) is 6.06. The quantitative estimate of drug-likeness (QED) is 0.788. The molecule has 1 rings (SSSR count). The SMILES string of the molecule is CCC(CC)CNS(=O)(=O)c1ccc(Cl)c(N)c1Cl. The van der Waals surface area contributed by atoms with Gasteiger partial charge >= 0.3 is 0 Å². The Kier molecular flexibility index (Phi) is 5.92. The largest absolute Gasteiger partial charge is 0.396 e. The second-order valence-corrected chi connectivity index (χ2v) is 6.83. The minimum atomic E-state index is -3.67. The highest BCUT2D eigenvalue weighted by Gasteiger charge is 2.21. The van der Waals surface area contributed by atoms with Gasteiger partial charge in [-0.2, -0.15) is 0 Å². The van der Waals surface area contributed by atoms with Crippen molar-refractivity contribution in [2.45, 2.75) is 31.6 Å². The molecule has 0 amide bonds. The van der Waals surface area contributed by atoms with E-state index < -0.39 is 10.0 Å². The molecule has 0 fully saturated rings. The van der Waals surface area contributed by atoms with E-state index in [1.54, 1.807) is 0 Å². The van der Waals surface area contributed by atoms with E-state index >= 15 is 0 Å². The van der Waals surface area contributed by atoms with Crippen LogP contribution in [0.5, 0.6) is 0 Å². The van der Waals surface area contributed by atoms with Gasteiger partial charge in [-0.15, -0.1) is 0 Å². The molecule has 0 spiro atoms. The Hall–Kier alpha value is -0.490. The molecule has 0 aromatic heterocycles. The molecule has 19 heavy (non-hydrogen) atoms. The van der Waals surface area contributed by atoms with Gasteiger partial charge in [0.25, 0.3) is 0 Å². The summed E-state index contributed by atoms with van der Waals surface area (Å²) < 4.78 is 26.9. The fourth-order valence-corrected chi connectivity index (χ4v) is 3.52. The molecule has 0 bridgehead atoms.